The maximum Gasteiger partial charge on any atom is 0.325 e. The molecule has 0 aliphatic carbocycles. The number of carboxylic acid groups (broad SMARTS) is 1. The van der Waals surface area contributed by atoms with Gasteiger partial charge in [0.2, 0.25) is 0 Å². The molecule has 1 rings (SSSR count). The van der Waals surface area contributed by atoms with Crippen molar-refractivity contribution >= 4 is 33.6 Å². The molecule has 0 heterocycles. The lowest BCUT2D eigenvalue weighted by atomic mass is 10.3. The van der Waals surface area contributed by atoms with E-state index in [0.717, 1.165) is 6.07 Å². The number of anilines is 1. The molecule has 1 aromatic rings. The number of hydrogen-bond donors (Lipinski definition) is 3. The number of carboxylic acids is 1. The Morgan fingerprint density at radius 3 is 2.50 bits per heavy atom. The summed E-state index contributed by atoms with van der Waals surface area (Å²) < 4.78 is 26.1. The summed E-state index contributed by atoms with van der Waals surface area (Å²) in [5, 5.41) is 12.7. The molecule has 0 saturated heterocycles. The lowest BCUT2D eigenvalue weighted by Gasteiger charge is -2.12. The summed E-state index contributed by atoms with van der Waals surface area (Å²) in [6.45, 7) is 1.25. The van der Waals surface area contributed by atoms with Gasteiger partial charge in [0.1, 0.15) is 11.9 Å². The molecule has 0 aliphatic heterocycles. The number of amides is 2. The third-order valence-corrected chi connectivity index (χ3v) is 2.59. The highest BCUT2D eigenvalue weighted by Crippen LogP contribution is 2.26. The molecular formula is C10H9BrF2N2O3. The van der Waals surface area contributed by atoms with Crippen LogP contribution < -0.4 is 10.6 Å². The highest BCUT2D eigenvalue weighted by molar-refractivity contribution is 9.10. The van der Waals surface area contributed by atoms with Crippen molar-refractivity contribution in [3.8, 4) is 0 Å². The van der Waals surface area contributed by atoms with Crippen LogP contribution in [-0.2, 0) is 4.79 Å². The fourth-order valence-electron chi connectivity index (χ4n) is 1.07. The monoisotopic (exact) mass is 322 g/mol. The lowest BCUT2D eigenvalue weighted by molar-refractivity contribution is -0.138. The van der Waals surface area contributed by atoms with E-state index in [2.05, 4.69) is 26.6 Å². The van der Waals surface area contributed by atoms with E-state index in [4.69, 9.17) is 5.11 Å². The third kappa shape index (κ3) is 3.66. The van der Waals surface area contributed by atoms with Crippen LogP contribution >= 0.6 is 15.9 Å². The lowest BCUT2D eigenvalue weighted by Crippen LogP contribution is -2.41. The average Bonchev–Trinajstić information content (AvgIpc) is 2.23. The Morgan fingerprint density at radius 2 is 2.00 bits per heavy atom. The summed E-state index contributed by atoms with van der Waals surface area (Å²) in [7, 11) is 0. The fourth-order valence-corrected chi connectivity index (χ4v) is 1.58. The van der Waals surface area contributed by atoms with E-state index in [1.165, 1.54) is 6.92 Å². The van der Waals surface area contributed by atoms with Gasteiger partial charge in [-0.15, -0.1) is 0 Å². The second-order valence-corrected chi connectivity index (χ2v) is 4.26. The van der Waals surface area contributed by atoms with Crippen molar-refractivity contribution in [3.63, 3.8) is 0 Å². The molecule has 3 N–H and O–H groups in total. The minimum Gasteiger partial charge on any atom is -0.480 e. The molecule has 0 unspecified atom stereocenters. The number of hydrogen-bond acceptors (Lipinski definition) is 2. The molecule has 8 heteroatoms. The van der Waals surface area contributed by atoms with Crippen molar-refractivity contribution in [2.45, 2.75) is 13.0 Å². The highest BCUT2D eigenvalue weighted by Gasteiger charge is 2.16. The van der Waals surface area contributed by atoms with Gasteiger partial charge in [-0.05, 0) is 28.9 Å². The topological polar surface area (TPSA) is 78.4 Å². The van der Waals surface area contributed by atoms with Gasteiger partial charge in [-0.3, -0.25) is 4.79 Å². The minimum absolute atomic E-state index is 0.0122. The van der Waals surface area contributed by atoms with Gasteiger partial charge in [-0.2, -0.15) is 0 Å². The number of carbonyl (C=O) groups is 2. The van der Waals surface area contributed by atoms with Crippen LogP contribution in [0.1, 0.15) is 6.92 Å². The van der Waals surface area contributed by atoms with Crippen LogP contribution in [0.3, 0.4) is 0 Å². The number of halogens is 3. The zero-order chi connectivity index (χ0) is 13.9. The van der Waals surface area contributed by atoms with E-state index in [0.29, 0.717) is 6.07 Å². The quantitative estimate of drug-likeness (QED) is 0.799. The Bertz CT molecular complexity index is 473. The first kappa shape index (κ1) is 14.4. The fraction of sp³-hybridized carbons (Fsp3) is 0.200. The van der Waals surface area contributed by atoms with Crippen LogP contribution in [0.4, 0.5) is 19.3 Å². The molecule has 0 radical (unpaired) electrons. The molecule has 0 spiro atoms. The largest absolute Gasteiger partial charge is 0.480 e. The molecule has 1 atom stereocenters. The average molecular weight is 323 g/mol. The molecule has 5 nitrogen and oxygen atoms in total. The Hall–Kier alpha value is -1.70. The minimum atomic E-state index is -1.23. The van der Waals surface area contributed by atoms with E-state index in [1.54, 1.807) is 0 Å². The van der Waals surface area contributed by atoms with Gasteiger partial charge in [0.05, 0.1) is 5.69 Å². The van der Waals surface area contributed by atoms with E-state index in [-0.39, 0.29) is 10.2 Å². The van der Waals surface area contributed by atoms with Crippen LogP contribution in [0.25, 0.3) is 0 Å². The Morgan fingerprint density at radius 1 is 1.39 bits per heavy atom. The van der Waals surface area contributed by atoms with Gasteiger partial charge in [0, 0.05) is 10.5 Å². The predicted octanol–water partition coefficient (Wildman–Crippen LogP) is 2.32. The summed E-state index contributed by atoms with van der Waals surface area (Å²) in [6.07, 6.45) is 0. The standard InChI is InChI=1S/C10H9BrF2N2O3/c1-4(9(16)17)14-10(18)15-8-6(11)2-5(12)3-7(8)13/h2-4H,1H3,(H,16,17)(H2,14,15,18)/t4-/m1/s1. The van der Waals surface area contributed by atoms with Crippen LogP contribution in [0.5, 0.6) is 0 Å². The first-order chi connectivity index (χ1) is 8.31. The molecule has 1 aromatic carbocycles. The number of carbonyl (C=O) groups excluding carboxylic acids is 1. The molecule has 0 bridgehead atoms. The van der Waals surface area contributed by atoms with Gasteiger partial charge in [0.15, 0.2) is 5.82 Å². The number of rotatable bonds is 3. The molecule has 18 heavy (non-hydrogen) atoms. The summed E-state index contributed by atoms with van der Waals surface area (Å²) in [5.41, 5.74) is -0.272. The predicted molar refractivity (Wildman–Crippen MR) is 63.3 cm³/mol. The number of urea groups is 1. The maximum absolute atomic E-state index is 13.3. The van der Waals surface area contributed by atoms with Crippen molar-refractivity contribution in [1.82, 2.24) is 5.32 Å². The van der Waals surface area contributed by atoms with E-state index < -0.39 is 29.7 Å². The summed E-state index contributed by atoms with van der Waals surface area (Å²) in [5.74, 6) is -3.01. The van der Waals surface area contributed by atoms with Gasteiger partial charge < -0.3 is 15.7 Å². The van der Waals surface area contributed by atoms with E-state index in [1.807, 2.05) is 0 Å². The maximum atomic E-state index is 13.3. The molecular weight excluding hydrogens is 314 g/mol. The molecule has 0 fully saturated rings. The second-order valence-electron chi connectivity index (χ2n) is 3.40. The summed E-state index contributed by atoms with van der Waals surface area (Å²) >= 11 is 2.88. The van der Waals surface area contributed by atoms with Crippen molar-refractivity contribution in [3.05, 3.63) is 28.2 Å². The first-order valence-corrected chi connectivity index (χ1v) is 5.55. The van der Waals surface area contributed by atoms with Gasteiger partial charge in [0.25, 0.3) is 0 Å². The van der Waals surface area contributed by atoms with Crippen molar-refractivity contribution in [2.75, 3.05) is 5.32 Å². The van der Waals surface area contributed by atoms with Crippen molar-refractivity contribution in [2.24, 2.45) is 0 Å². The second kappa shape index (κ2) is 5.76. The summed E-state index contributed by atoms with van der Waals surface area (Å²) in [4.78, 5) is 21.8. The number of nitrogens with one attached hydrogen (secondary N) is 2. The molecule has 0 aromatic heterocycles. The van der Waals surface area contributed by atoms with Gasteiger partial charge >= 0.3 is 12.0 Å². The van der Waals surface area contributed by atoms with E-state index in [9.17, 15) is 18.4 Å². The van der Waals surface area contributed by atoms with Crippen molar-refractivity contribution in [1.29, 1.82) is 0 Å². The number of aliphatic carboxylic acids is 1. The smallest absolute Gasteiger partial charge is 0.325 e. The van der Waals surface area contributed by atoms with Crippen LogP contribution in [0.2, 0.25) is 0 Å². The zero-order valence-corrected chi connectivity index (χ0v) is 10.7. The highest BCUT2D eigenvalue weighted by atomic mass is 79.9. The molecule has 0 saturated carbocycles. The van der Waals surface area contributed by atoms with Gasteiger partial charge in [-0.1, -0.05) is 0 Å². The number of benzene rings is 1. The molecule has 0 aliphatic rings. The molecule has 98 valence electrons. The zero-order valence-electron chi connectivity index (χ0n) is 9.13. The Kier molecular flexibility index (Phi) is 4.60. The van der Waals surface area contributed by atoms with Crippen LogP contribution in [0.15, 0.2) is 16.6 Å². The molecule has 2 amide bonds. The third-order valence-electron chi connectivity index (χ3n) is 1.96. The summed E-state index contributed by atoms with van der Waals surface area (Å²) in [6, 6.07) is -0.469. The van der Waals surface area contributed by atoms with E-state index >= 15 is 0 Å². The first-order valence-electron chi connectivity index (χ1n) is 4.76. The van der Waals surface area contributed by atoms with Gasteiger partial charge in [-0.25, -0.2) is 13.6 Å². The normalized spacial score (nSPS) is 11.8. The van der Waals surface area contributed by atoms with Crippen molar-refractivity contribution < 1.29 is 23.5 Å². The SMILES string of the molecule is C[C@@H](NC(=O)Nc1c(F)cc(F)cc1Br)C(=O)O. The Labute approximate surface area is 109 Å². The Balaban J connectivity index is 2.80. The van der Waals surface area contributed by atoms with Crippen LogP contribution in [-0.4, -0.2) is 23.1 Å². The van der Waals surface area contributed by atoms with Crippen LogP contribution in [0, 0.1) is 11.6 Å².